The fraction of sp³-hybridized carbons (Fsp3) is 0.500. The van der Waals surface area contributed by atoms with E-state index in [4.69, 9.17) is 15.2 Å². The van der Waals surface area contributed by atoms with Crippen LogP contribution in [0.5, 0.6) is 5.75 Å². The first-order valence-corrected chi connectivity index (χ1v) is 6.34. The van der Waals surface area contributed by atoms with Crippen LogP contribution in [0.15, 0.2) is 24.3 Å². The zero-order valence-electron chi connectivity index (χ0n) is 10.9. The highest BCUT2D eigenvalue weighted by Crippen LogP contribution is 2.13. The monoisotopic (exact) mass is 251 g/mol. The Kier molecular flexibility index (Phi) is 6.87. The molecule has 2 N–H and O–H groups in total. The van der Waals surface area contributed by atoms with Crippen LogP contribution in [0, 0.1) is 0 Å². The van der Waals surface area contributed by atoms with Gasteiger partial charge in [0.25, 0.3) is 0 Å². The van der Waals surface area contributed by atoms with E-state index < -0.39 is 5.91 Å². The summed E-state index contributed by atoms with van der Waals surface area (Å²) < 4.78 is 10.8. The molecule has 0 atom stereocenters. The molecule has 1 amide bonds. The molecule has 1 aromatic carbocycles. The third kappa shape index (κ3) is 5.68. The normalized spacial score (nSPS) is 10.3. The SMILES string of the molecule is CCOCCCCCOc1cccc(C(N)=O)c1. The molecule has 0 heterocycles. The van der Waals surface area contributed by atoms with Gasteiger partial charge in [0.1, 0.15) is 5.75 Å². The summed E-state index contributed by atoms with van der Waals surface area (Å²) in [6, 6.07) is 6.94. The largest absolute Gasteiger partial charge is 0.494 e. The van der Waals surface area contributed by atoms with E-state index in [1.165, 1.54) is 0 Å². The number of rotatable bonds is 9. The number of unbranched alkanes of at least 4 members (excludes halogenated alkanes) is 2. The molecule has 0 saturated heterocycles. The summed E-state index contributed by atoms with van der Waals surface area (Å²) in [6.45, 7) is 4.23. The Labute approximate surface area is 108 Å². The Morgan fingerprint density at radius 3 is 2.72 bits per heavy atom. The summed E-state index contributed by atoms with van der Waals surface area (Å²) >= 11 is 0. The van der Waals surface area contributed by atoms with Crippen LogP contribution >= 0.6 is 0 Å². The summed E-state index contributed by atoms with van der Waals surface area (Å²) in [5.74, 6) is 0.258. The van der Waals surface area contributed by atoms with Crippen molar-refractivity contribution in [2.24, 2.45) is 5.73 Å². The van der Waals surface area contributed by atoms with Gasteiger partial charge in [-0.05, 0) is 44.4 Å². The minimum Gasteiger partial charge on any atom is -0.494 e. The molecule has 0 radical (unpaired) electrons. The molecule has 1 rings (SSSR count). The van der Waals surface area contributed by atoms with Crippen molar-refractivity contribution in [3.63, 3.8) is 0 Å². The second-order valence-corrected chi connectivity index (χ2v) is 4.00. The lowest BCUT2D eigenvalue weighted by Gasteiger charge is -2.07. The standard InChI is InChI=1S/C14H21NO3/c1-2-17-9-4-3-5-10-18-13-8-6-7-12(11-13)14(15)16/h6-8,11H,2-5,9-10H2,1H3,(H2,15,16). The van der Waals surface area contributed by atoms with Gasteiger partial charge in [0.05, 0.1) is 6.61 Å². The highest BCUT2D eigenvalue weighted by molar-refractivity contribution is 5.93. The zero-order valence-corrected chi connectivity index (χ0v) is 10.9. The fourth-order valence-electron chi connectivity index (χ4n) is 1.56. The van der Waals surface area contributed by atoms with Crippen molar-refractivity contribution >= 4 is 5.91 Å². The zero-order chi connectivity index (χ0) is 13.2. The highest BCUT2D eigenvalue weighted by atomic mass is 16.5. The Morgan fingerprint density at radius 2 is 2.00 bits per heavy atom. The van der Waals surface area contributed by atoms with Crippen LogP contribution in [0.4, 0.5) is 0 Å². The molecule has 0 saturated carbocycles. The second kappa shape index (κ2) is 8.53. The minimum absolute atomic E-state index is 0.433. The third-order valence-electron chi connectivity index (χ3n) is 2.52. The van der Waals surface area contributed by atoms with E-state index in [1.54, 1.807) is 18.2 Å². The number of benzene rings is 1. The maximum Gasteiger partial charge on any atom is 0.248 e. The van der Waals surface area contributed by atoms with Crippen LogP contribution < -0.4 is 10.5 Å². The molecule has 100 valence electrons. The van der Waals surface area contributed by atoms with Gasteiger partial charge in [0.2, 0.25) is 5.91 Å². The van der Waals surface area contributed by atoms with Gasteiger partial charge in [0.15, 0.2) is 0 Å². The Bertz CT molecular complexity index is 366. The van der Waals surface area contributed by atoms with E-state index in [9.17, 15) is 4.79 Å². The molecule has 1 aromatic rings. The van der Waals surface area contributed by atoms with Gasteiger partial charge in [-0.1, -0.05) is 6.07 Å². The number of carbonyl (C=O) groups excluding carboxylic acids is 1. The van der Waals surface area contributed by atoms with Gasteiger partial charge in [-0.3, -0.25) is 4.79 Å². The Balaban J connectivity index is 2.19. The van der Waals surface area contributed by atoms with Crippen molar-refractivity contribution in [3.8, 4) is 5.75 Å². The average molecular weight is 251 g/mol. The molecule has 0 aliphatic heterocycles. The molecule has 0 fully saturated rings. The number of amides is 1. The quantitative estimate of drug-likeness (QED) is 0.685. The summed E-state index contributed by atoms with van der Waals surface area (Å²) in [5.41, 5.74) is 5.67. The lowest BCUT2D eigenvalue weighted by Crippen LogP contribution is -2.10. The van der Waals surface area contributed by atoms with Crippen molar-refractivity contribution in [1.29, 1.82) is 0 Å². The molecule has 0 unspecified atom stereocenters. The van der Waals surface area contributed by atoms with E-state index in [2.05, 4.69) is 0 Å². The molecule has 4 nitrogen and oxygen atoms in total. The number of hydrogen-bond acceptors (Lipinski definition) is 3. The van der Waals surface area contributed by atoms with E-state index in [0.29, 0.717) is 17.9 Å². The van der Waals surface area contributed by atoms with Gasteiger partial charge in [0, 0.05) is 18.8 Å². The van der Waals surface area contributed by atoms with Crippen molar-refractivity contribution < 1.29 is 14.3 Å². The lowest BCUT2D eigenvalue weighted by atomic mass is 10.2. The van der Waals surface area contributed by atoms with Gasteiger partial charge in [-0.15, -0.1) is 0 Å². The Morgan fingerprint density at radius 1 is 1.22 bits per heavy atom. The molecule has 0 aliphatic rings. The maximum atomic E-state index is 11.0. The van der Waals surface area contributed by atoms with E-state index >= 15 is 0 Å². The number of carbonyl (C=O) groups is 1. The first kappa shape index (κ1) is 14.5. The van der Waals surface area contributed by atoms with Crippen molar-refractivity contribution in [3.05, 3.63) is 29.8 Å². The van der Waals surface area contributed by atoms with Crippen LogP contribution in [0.3, 0.4) is 0 Å². The van der Waals surface area contributed by atoms with Gasteiger partial charge < -0.3 is 15.2 Å². The van der Waals surface area contributed by atoms with Crippen molar-refractivity contribution in [1.82, 2.24) is 0 Å². The molecule has 0 spiro atoms. The first-order valence-electron chi connectivity index (χ1n) is 6.34. The van der Waals surface area contributed by atoms with Crippen LogP contribution in [0.2, 0.25) is 0 Å². The van der Waals surface area contributed by atoms with Gasteiger partial charge >= 0.3 is 0 Å². The number of ether oxygens (including phenoxy) is 2. The number of hydrogen-bond donors (Lipinski definition) is 1. The maximum absolute atomic E-state index is 11.0. The fourth-order valence-corrected chi connectivity index (χ4v) is 1.56. The lowest BCUT2D eigenvalue weighted by molar-refractivity contribution is 0.0999. The molecule has 18 heavy (non-hydrogen) atoms. The topological polar surface area (TPSA) is 61.6 Å². The second-order valence-electron chi connectivity index (χ2n) is 4.00. The van der Waals surface area contributed by atoms with Crippen LogP contribution in [-0.2, 0) is 4.74 Å². The van der Waals surface area contributed by atoms with Crippen molar-refractivity contribution in [2.75, 3.05) is 19.8 Å². The third-order valence-corrected chi connectivity index (χ3v) is 2.52. The Hall–Kier alpha value is -1.55. The summed E-state index contributed by atoms with van der Waals surface area (Å²) in [6.07, 6.45) is 3.11. The molecular formula is C14H21NO3. The molecular weight excluding hydrogens is 230 g/mol. The van der Waals surface area contributed by atoms with Crippen molar-refractivity contribution in [2.45, 2.75) is 26.2 Å². The smallest absolute Gasteiger partial charge is 0.248 e. The molecule has 0 aliphatic carbocycles. The number of primary amides is 1. The van der Waals surface area contributed by atoms with Gasteiger partial charge in [-0.2, -0.15) is 0 Å². The molecule has 0 bridgehead atoms. The van der Waals surface area contributed by atoms with E-state index in [0.717, 1.165) is 32.5 Å². The summed E-state index contributed by atoms with van der Waals surface area (Å²) in [5, 5.41) is 0. The molecule has 0 aromatic heterocycles. The van der Waals surface area contributed by atoms with Crippen LogP contribution in [0.1, 0.15) is 36.5 Å². The van der Waals surface area contributed by atoms with Crippen LogP contribution in [-0.4, -0.2) is 25.7 Å². The van der Waals surface area contributed by atoms with E-state index in [-0.39, 0.29) is 0 Å². The summed E-state index contributed by atoms with van der Waals surface area (Å²) in [7, 11) is 0. The number of nitrogens with two attached hydrogens (primary N) is 1. The minimum atomic E-state index is -0.433. The molecule has 4 heteroatoms. The van der Waals surface area contributed by atoms with Crippen LogP contribution in [0.25, 0.3) is 0 Å². The summed E-state index contributed by atoms with van der Waals surface area (Å²) in [4.78, 5) is 11.0. The first-order chi connectivity index (χ1) is 8.74. The predicted molar refractivity (Wildman–Crippen MR) is 70.8 cm³/mol. The van der Waals surface area contributed by atoms with Gasteiger partial charge in [-0.25, -0.2) is 0 Å². The predicted octanol–water partition coefficient (Wildman–Crippen LogP) is 2.37. The average Bonchev–Trinajstić information content (AvgIpc) is 2.38. The highest BCUT2D eigenvalue weighted by Gasteiger charge is 2.01. The van der Waals surface area contributed by atoms with E-state index in [1.807, 2.05) is 13.0 Å².